The minimum absolute atomic E-state index is 0.176. The first-order valence-corrected chi connectivity index (χ1v) is 8.51. The molecule has 1 N–H and O–H groups in total. The molecule has 5 heteroatoms. The molecule has 0 bridgehead atoms. The predicted octanol–water partition coefficient (Wildman–Crippen LogP) is 3.34. The van der Waals surface area contributed by atoms with Gasteiger partial charge in [0.25, 0.3) is 5.91 Å². The number of ether oxygens (including phenoxy) is 1. The van der Waals surface area contributed by atoms with Gasteiger partial charge in [-0.05, 0) is 30.2 Å². The van der Waals surface area contributed by atoms with Crippen molar-refractivity contribution < 1.29 is 9.53 Å². The minimum atomic E-state index is -0.568. The van der Waals surface area contributed by atoms with Gasteiger partial charge in [0.2, 0.25) is 0 Å². The average Bonchev–Trinajstić information content (AvgIpc) is 3.09. The van der Waals surface area contributed by atoms with Crippen LogP contribution in [-0.4, -0.2) is 29.5 Å². The second kappa shape index (κ2) is 7.33. The van der Waals surface area contributed by atoms with Crippen molar-refractivity contribution >= 4 is 22.8 Å². The summed E-state index contributed by atoms with van der Waals surface area (Å²) < 4.78 is 5.70. The zero-order valence-electron chi connectivity index (χ0n) is 12.9. The lowest BCUT2D eigenvalue weighted by atomic mass is 10.1. The summed E-state index contributed by atoms with van der Waals surface area (Å²) >= 11 is 1.56. The largest absolute Gasteiger partial charge is 0.481 e. The third kappa shape index (κ3) is 4.13. The van der Waals surface area contributed by atoms with E-state index in [2.05, 4.69) is 22.4 Å². The van der Waals surface area contributed by atoms with Gasteiger partial charge in [0.1, 0.15) is 5.75 Å². The first-order chi connectivity index (χ1) is 11.2. The summed E-state index contributed by atoms with van der Waals surface area (Å²) in [7, 11) is 0. The highest BCUT2D eigenvalue weighted by atomic mass is 32.2. The molecule has 3 rings (SSSR count). The van der Waals surface area contributed by atoms with Gasteiger partial charge in [0.05, 0.1) is 6.54 Å². The van der Waals surface area contributed by atoms with Crippen LogP contribution in [0, 0.1) is 0 Å². The molecule has 1 heterocycles. The SMILES string of the molecule is C[C@@H](Oc1ccc(-c2ccccc2)cc1)C(=O)NC1=NCCS1. The van der Waals surface area contributed by atoms with E-state index in [1.807, 2.05) is 42.5 Å². The van der Waals surface area contributed by atoms with E-state index < -0.39 is 6.10 Å². The fraction of sp³-hybridized carbons (Fsp3) is 0.222. The molecular weight excluding hydrogens is 308 g/mol. The standard InChI is InChI=1S/C18H18N2O2S/c1-13(17(21)20-18-19-11-12-23-18)22-16-9-7-15(8-10-16)14-5-3-2-4-6-14/h2-10,13H,11-12H2,1H3,(H,19,20,21)/t13-/m1/s1. The van der Waals surface area contributed by atoms with E-state index in [0.717, 1.165) is 23.4 Å². The number of benzene rings is 2. The molecule has 0 radical (unpaired) electrons. The van der Waals surface area contributed by atoms with Crippen molar-refractivity contribution in [3.8, 4) is 16.9 Å². The Morgan fingerprint density at radius 2 is 1.83 bits per heavy atom. The summed E-state index contributed by atoms with van der Waals surface area (Å²) in [5.41, 5.74) is 2.27. The molecule has 1 atom stereocenters. The Hall–Kier alpha value is -2.27. The van der Waals surface area contributed by atoms with Crippen molar-refractivity contribution in [2.45, 2.75) is 13.0 Å². The topological polar surface area (TPSA) is 50.7 Å². The number of nitrogens with one attached hydrogen (secondary N) is 1. The highest BCUT2D eigenvalue weighted by Crippen LogP contribution is 2.22. The molecular formula is C18H18N2O2S. The highest BCUT2D eigenvalue weighted by Gasteiger charge is 2.18. The van der Waals surface area contributed by atoms with Gasteiger partial charge in [-0.1, -0.05) is 54.2 Å². The summed E-state index contributed by atoms with van der Waals surface area (Å²) in [5.74, 6) is 1.42. The Balaban J connectivity index is 1.60. The third-order valence-corrected chi connectivity index (χ3v) is 4.35. The molecule has 0 saturated carbocycles. The molecule has 23 heavy (non-hydrogen) atoms. The predicted molar refractivity (Wildman–Crippen MR) is 94.9 cm³/mol. The van der Waals surface area contributed by atoms with Crippen molar-refractivity contribution in [3.05, 3.63) is 54.6 Å². The van der Waals surface area contributed by atoms with Crippen molar-refractivity contribution in [2.75, 3.05) is 12.3 Å². The van der Waals surface area contributed by atoms with Crippen molar-refractivity contribution in [1.82, 2.24) is 5.32 Å². The number of rotatable bonds is 4. The molecule has 0 aliphatic carbocycles. The number of amidine groups is 1. The average molecular weight is 326 g/mol. The molecule has 2 aromatic rings. The number of thioether (sulfide) groups is 1. The number of aliphatic imine (C=N–C) groups is 1. The van der Waals surface area contributed by atoms with Gasteiger partial charge in [-0.15, -0.1) is 0 Å². The summed E-state index contributed by atoms with van der Waals surface area (Å²) in [6, 6.07) is 17.9. The quantitative estimate of drug-likeness (QED) is 0.937. The maximum absolute atomic E-state index is 12.1. The lowest BCUT2D eigenvalue weighted by Gasteiger charge is -2.14. The van der Waals surface area contributed by atoms with E-state index in [9.17, 15) is 4.79 Å². The van der Waals surface area contributed by atoms with E-state index in [0.29, 0.717) is 10.9 Å². The third-order valence-electron chi connectivity index (χ3n) is 3.46. The summed E-state index contributed by atoms with van der Waals surface area (Å²) in [6.07, 6.45) is -0.568. The summed E-state index contributed by atoms with van der Waals surface area (Å²) in [5, 5.41) is 3.47. The zero-order chi connectivity index (χ0) is 16.1. The number of hydrogen-bond donors (Lipinski definition) is 1. The first-order valence-electron chi connectivity index (χ1n) is 7.52. The van der Waals surface area contributed by atoms with Crippen LogP contribution in [0.2, 0.25) is 0 Å². The maximum Gasteiger partial charge on any atom is 0.266 e. The second-order valence-corrected chi connectivity index (χ2v) is 6.26. The van der Waals surface area contributed by atoms with E-state index >= 15 is 0 Å². The Morgan fingerprint density at radius 3 is 2.48 bits per heavy atom. The number of hydrogen-bond acceptors (Lipinski definition) is 4. The number of nitrogens with zero attached hydrogens (tertiary/aromatic N) is 1. The molecule has 2 aromatic carbocycles. The minimum Gasteiger partial charge on any atom is -0.481 e. The van der Waals surface area contributed by atoms with Crippen LogP contribution in [0.1, 0.15) is 6.92 Å². The number of carbonyl (C=O) groups is 1. The smallest absolute Gasteiger partial charge is 0.266 e. The zero-order valence-corrected chi connectivity index (χ0v) is 13.7. The monoisotopic (exact) mass is 326 g/mol. The Kier molecular flexibility index (Phi) is 4.98. The maximum atomic E-state index is 12.1. The van der Waals surface area contributed by atoms with Crippen LogP contribution in [0.25, 0.3) is 11.1 Å². The fourth-order valence-corrected chi connectivity index (χ4v) is 2.96. The Morgan fingerprint density at radius 1 is 1.13 bits per heavy atom. The van der Waals surface area contributed by atoms with Gasteiger partial charge in [-0.3, -0.25) is 9.79 Å². The number of carbonyl (C=O) groups excluding carboxylic acids is 1. The molecule has 4 nitrogen and oxygen atoms in total. The van der Waals surface area contributed by atoms with E-state index in [1.165, 1.54) is 0 Å². The van der Waals surface area contributed by atoms with Gasteiger partial charge in [-0.25, -0.2) is 0 Å². The van der Waals surface area contributed by atoms with Crippen LogP contribution in [0.15, 0.2) is 59.6 Å². The van der Waals surface area contributed by atoms with Gasteiger partial charge < -0.3 is 10.1 Å². The first kappa shape index (κ1) is 15.6. The fourth-order valence-electron chi connectivity index (χ4n) is 2.23. The molecule has 0 spiro atoms. The molecule has 0 fully saturated rings. The van der Waals surface area contributed by atoms with Crippen LogP contribution in [-0.2, 0) is 4.79 Å². The molecule has 1 aliphatic rings. The van der Waals surface area contributed by atoms with E-state index in [1.54, 1.807) is 18.7 Å². The van der Waals surface area contributed by atoms with Gasteiger partial charge in [0, 0.05) is 5.75 Å². The van der Waals surface area contributed by atoms with Crippen LogP contribution < -0.4 is 10.1 Å². The molecule has 0 saturated heterocycles. The normalized spacial score (nSPS) is 14.9. The van der Waals surface area contributed by atoms with Crippen molar-refractivity contribution in [2.24, 2.45) is 4.99 Å². The lowest BCUT2D eigenvalue weighted by Crippen LogP contribution is -2.38. The molecule has 1 amide bonds. The lowest BCUT2D eigenvalue weighted by molar-refractivity contribution is -0.125. The van der Waals surface area contributed by atoms with Gasteiger partial charge >= 0.3 is 0 Å². The van der Waals surface area contributed by atoms with Crippen molar-refractivity contribution in [1.29, 1.82) is 0 Å². The van der Waals surface area contributed by atoms with Crippen LogP contribution in [0.4, 0.5) is 0 Å². The molecule has 0 unspecified atom stereocenters. The van der Waals surface area contributed by atoms with Gasteiger partial charge in [-0.2, -0.15) is 0 Å². The highest BCUT2D eigenvalue weighted by molar-refractivity contribution is 8.14. The van der Waals surface area contributed by atoms with E-state index in [-0.39, 0.29) is 5.91 Å². The summed E-state index contributed by atoms with van der Waals surface area (Å²) in [4.78, 5) is 16.3. The van der Waals surface area contributed by atoms with Crippen LogP contribution in [0.3, 0.4) is 0 Å². The van der Waals surface area contributed by atoms with Gasteiger partial charge in [0.15, 0.2) is 11.3 Å². The van der Waals surface area contributed by atoms with Crippen molar-refractivity contribution in [3.63, 3.8) is 0 Å². The molecule has 1 aliphatic heterocycles. The van der Waals surface area contributed by atoms with E-state index in [4.69, 9.17) is 4.74 Å². The number of amides is 1. The second-order valence-electron chi connectivity index (χ2n) is 5.18. The van der Waals surface area contributed by atoms with Crippen LogP contribution in [0.5, 0.6) is 5.75 Å². The summed E-state index contributed by atoms with van der Waals surface area (Å²) in [6.45, 7) is 2.50. The van der Waals surface area contributed by atoms with Crippen LogP contribution >= 0.6 is 11.8 Å². The Bertz CT molecular complexity index is 699. The molecule has 0 aromatic heterocycles. The Labute approximate surface area is 140 Å². The molecule has 118 valence electrons.